The minimum Gasteiger partial charge on any atom is -0.328 e. The smallest absolute Gasteiger partial charge is 0.0452 e. The molecule has 0 heterocycles. The quantitative estimate of drug-likeness (QED) is 0.833. The fraction of sp³-hybridized carbons (Fsp3) is 0.500. The maximum Gasteiger partial charge on any atom is 0.0452 e. The molecule has 0 amide bonds. The van der Waals surface area contributed by atoms with Crippen LogP contribution in [-0.2, 0) is 6.42 Å². The van der Waals surface area contributed by atoms with Crippen LogP contribution in [0.25, 0.3) is 0 Å². The lowest BCUT2D eigenvalue weighted by Gasteiger charge is -2.11. The van der Waals surface area contributed by atoms with Crippen molar-refractivity contribution in [1.82, 2.24) is 0 Å². The lowest BCUT2D eigenvalue weighted by Crippen LogP contribution is -2.20. The van der Waals surface area contributed by atoms with Crippen LogP contribution in [-0.4, -0.2) is 6.04 Å². The summed E-state index contributed by atoms with van der Waals surface area (Å²) in [7, 11) is 0. The average Bonchev–Trinajstić information content (AvgIpc) is 2.17. The molecule has 0 aliphatic carbocycles. The first-order valence-corrected chi connectivity index (χ1v) is 6.09. The number of hydrogen-bond donors (Lipinski definition) is 1. The molecular formula is C12H17Cl2N. The fourth-order valence-electron chi connectivity index (χ4n) is 1.62. The Morgan fingerprint density at radius 2 is 1.80 bits per heavy atom. The summed E-state index contributed by atoms with van der Waals surface area (Å²) in [5.41, 5.74) is 6.97. The highest BCUT2D eigenvalue weighted by Gasteiger charge is 2.07. The molecule has 2 N–H and O–H groups in total. The van der Waals surface area contributed by atoms with Gasteiger partial charge in [-0.05, 0) is 37.0 Å². The maximum atomic E-state index is 6.06. The highest BCUT2D eigenvalue weighted by Crippen LogP contribution is 2.25. The molecule has 0 radical (unpaired) electrons. The van der Waals surface area contributed by atoms with Crippen LogP contribution in [0.4, 0.5) is 0 Å². The van der Waals surface area contributed by atoms with Gasteiger partial charge < -0.3 is 5.73 Å². The average molecular weight is 246 g/mol. The molecule has 0 aliphatic heterocycles. The van der Waals surface area contributed by atoms with Gasteiger partial charge in [-0.15, -0.1) is 0 Å². The van der Waals surface area contributed by atoms with Crippen molar-refractivity contribution in [2.45, 2.75) is 38.6 Å². The number of nitrogens with two attached hydrogens (primary N) is 1. The van der Waals surface area contributed by atoms with Gasteiger partial charge >= 0.3 is 0 Å². The maximum absolute atomic E-state index is 6.06. The van der Waals surface area contributed by atoms with Crippen LogP contribution in [0.1, 0.15) is 31.7 Å². The van der Waals surface area contributed by atoms with E-state index in [0.29, 0.717) is 0 Å². The van der Waals surface area contributed by atoms with Gasteiger partial charge in [-0.1, -0.05) is 42.6 Å². The largest absolute Gasteiger partial charge is 0.328 e. The van der Waals surface area contributed by atoms with Crippen LogP contribution in [0, 0.1) is 0 Å². The van der Waals surface area contributed by atoms with Crippen molar-refractivity contribution >= 4 is 23.2 Å². The topological polar surface area (TPSA) is 26.0 Å². The molecule has 1 atom stereocenters. The van der Waals surface area contributed by atoms with Gasteiger partial charge in [0.15, 0.2) is 0 Å². The molecule has 1 aromatic carbocycles. The first-order valence-electron chi connectivity index (χ1n) is 5.33. The summed E-state index contributed by atoms with van der Waals surface area (Å²) in [6.07, 6.45) is 3.98. The van der Waals surface area contributed by atoms with E-state index in [4.69, 9.17) is 28.9 Å². The zero-order chi connectivity index (χ0) is 11.3. The number of halogens is 2. The number of rotatable bonds is 5. The normalized spacial score (nSPS) is 12.8. The Morgan fingerprint density at radius 3 is 2.33 bits per heavy atom. The second-order valence-electron chi connectivity index (χ2n) is 3.79. The zero-order valence-corrected chi connectivity index (χ0v) is 10.5. The monoisotopic (exact) mass is 245 g/mol. The molecule has 0 aliphatic rings. The fourth-order valence-corrected chi connectivity index (χ4v) is 2.20. The van der Waals surface area contributed by atoms with Crippen molar-refractivity contribution in [2.24, 2.45) is 5.73 Å². The summed E-state index contributed by atoms with van der Waals surface area (Å²) in [5.74, 6) is 0. The van der Waals surface area contributed by atoms with E-state index in [-0.39, 0.29) is 6.04 Å². The van der Waals surface area contributed by atoms with Gasteiger partial charge in [0.2, 0.25) is 0 Å². The second kappa shape index (κ2) is 6.37. The molecule has 0 spiro atoms. The molecule has 1 nitrogen and oxygen atoms in total. The van der Waals surface area contributed by atoms with Crippen LogP contribution < -0.4 is 5.73 Å². The van der Waals surface area contributed by atoms with E-state index in [1.807, 2.05) is 18.2 Å². The van der Waals surface area contributed by atoms with Gasteiger partial charge in [0, 0.05) is 16.1 Å². The van der Waals surface area contributed by atoms with Gasteiger partial charge in [0.1, 0.15) is 0 Å². The van der Waals surface area contributed by atoms with Gasteiger partial charge in [-0.3, -0.25) is 0 Å². The van der Waals surface area contributed by atoms with Crippen molar-refractivity contribution in [3.8, 4) is 0 Å². The van der Waals surface area contributed by atoms with Gasteiger partial charge in [0.25, 0.3) is 0 Å². The van der Waals surface area contributed by atoms with Crippen molar-refractivity contribution in [3.05, 3.63) is 33.8 Å². The minimum absolute atomic E-state index is 0.252. The van der Waals surface area contributed by atoms with E-state index in [0.717, 1.165) is 41.3 Å². The predicted molar refractivity (Wildman–Crippen MR) is 67.7 cm³/mol. The Kier molecular flexibility index (Phi) is 5.44. The lowest BCUT2D eigenvalue weighted by molar-refractivity contribution is 0.561. The summed E-state index contributed by atoms with van der Waals surface area (Å²) in [6.45, 7) is 2.14. The van der Waals surface area contributed by atoms with E-state index < -0.39 is 0 Å². The molecule has 1 aromatic rings. The van der Waals surface area contributed by atoms with Gasteiger partial charge in [-0.2, -0.15) is 0 Å². The molecule has 15 heavy (non-hydrogen) atoms. The minimum atomic E-state index is 0.252. The summed E-state index contributed by atoms with van der Waals surface area (Å²) in [5, 5.41) is 1.48. The Labute approximate surface area is 102 Å². The first-order chi connectivity index (χ1) is 7.15. The van der Waals surface area contributed by atoms with Gasteiger partial charge in [0.05, 0.1) is 0 Å². The summed E-state index contributed by atoms with van der Waals surface area (Å²) >= 11 is 12.1. The third-order valence-electron chi connectivity index (χ3n) is 2.49. The van der Waals surface area contributed by atoms with Crippen molar-refractivity contribution in [2.75, 3.05) is 0 Å². The molecule has 0 fully saturated rings. The molecule has 84 valence electrons. The van der Waals surface area contributed by atoms with E-state index in [9.17, 15) is 0 Å². The van der Waals surface area contributed by atoms with E-state index in [2.05, 4.69) is 6.92 Å². The van der Waals surface area contributed by atoms with Crippen LogP contribution in [0.2, 0.25) is 10.0 Å². The van der Waals surface area contributed by atoms with E-state index >= 15 is 0 Å². The summed E-state index contributed by atoms with van der Waals surface area (Å²) in [6, 6.07) is 5.85. The van der Waals surface area contributed by atoms with Crippen LogP contribution >= 0.6 is 23.2 Å². The second-order valence-corrected chi connectivity index (χ2v) is 4.60. The Balaban J connectivity index is 2.57. The zero-order valence-electron chi connectivity index (χ0n) is 8.97. The van der Waals surface area contributed by atoms with Crippen LogP contribution in [0.15, 0.2) is 18.2 Å². The molecule has 0 saturated carbocycles. The van der Waals surface area contributed by atoms with Crippen LogP contribution in [0.3, 0.4) is 0 Å². The highest BCUT2D eigenvalue weighted by molar-refractivity contribution is 6.35. The van der Waals surface area contributed by atoms with Gasteiger partial charge in [-0.25, -0.2) is 0 Å². The predicted octanol–water partition coefficient (Wildman–Crippen LogP) is 4.05. The highest BCUT2D eigenvalue weighted by atomic mass is 35.5. The standard InChI is InChI=1S/C12H17Cl2N/c1-2-4-9(15)7-8-10-11(13)5-3-6-12(10)14/h3,5-6,9H,2,4,7-8,15H2,1H3. The van der Waals surface area contributed by atoms with E-state index in [1.54, 1.807) is 0 Å². The number of benzene rings is 1. The SMILES string of the molecule is CCCC(N)CCc1c(Cl)cccc1Cl. The summed E-state index contributed by atoms with van der Waals surface area (Å²) in [4.78, 5) is 0. The van der Waals surface area contributed by atoms with Crippen molar-refractivity contribution in [3.63, 3.8) is 0 Å². The third-order valence-corrected chi connectivity index (χ3v) is 3.19. The number of hydrogen-bond acceptors (Lipinski definition) is 1. The lowest BCUT2D eigenvalue weighted by atomic mass is 10.0. The molecule has 3 heteroatoms. The molecule has 1 unspecified atom stereocenters. The molecule has 0 bridgehead atoms. The Morgan fingerprint density at radius 1 is 1.20 bits per heavy atom. The molecule has 1 rings (SSSR count). The molecule has 0 aromatic heterocycles. The van der Waals surface area contributed by atoms with Crippen LogP contribution in [0.5, 0.6) is 0 Å². The Bertz CT molecular complexity index is 292. The summed E-state index contributed by atoms with van der Waals surface area (Å²) < 4.78 is 0. The molecular weight excluding hydrogens is 229 g/mol. The van der Waals surface area contributed by atoms with E-state index in [1.165, 1.54) is 0 Å². The Hall–Kier alpha value is -0.240. The first kappa shape index (κ1) is 12.8. The molecule has 0 saturated heterocycles. The van der Waals surface area contributed by atoms with Crippen molar-refractivity contribution in [1.29, 1.82) is 0 Å². The third kappa shape index (κ3) is 4.02. The van der Waals surface area contributed by atoms with Crippen molar-refractivity contribution < 1.29 is 0 Å².